The van der Waals surface area contributed by atoms with Gasteiger partial charge in [0.25, 0.3) is 11.8 Å². The summed E-state index contributed by atoms with van der Waals surface area (Å²) in [5, 5.41) is 0. The highest BCUT2D eigenvalue weighted by Crippen LogP contribution is 2.39. The number of carbonyl (C=O) groups is 2. The second kappa shape index (κ2) is 5.50. The number of anilines is 1. The summed E-state index contributed by atoms with van der Waals surface area (Å²) in [5.41, 5.74) is 1.63. The first-order valence-corrected chi connectivity index (χ1v) is 8.20. The average molecular weight is 331 g/mol. The van der Waals surface area contributed by atoms with E-state index in [0.717, 1.165) is 17.7 Å². The highest BCUT2D eigenvalue weighted by Gasteiger charge is 2.42. The van der Waals surface area contributed by atoms with E-state index in [2.05, 4.69) is 0 Å². The van der Waals surface area contributed by atoms with Crippen molar-refractivity contribution in [2.45, 2.75) is 38.4 Å². The quantitative estimate of drug-likeness (QED) is 0.782. The van der Waals surface area contributed by atoms with Crippen LogP contribution in [0.5, 0.6) is 0 Å². The monoisotopic (exact) mass is 331 g/mol. The lowest BCUT2D eigenvalue weighted by Crippen LogP contribution is -2.33. The van der Waals surface area contributed by atoms with E-state index in [-0.39, 0.29) is 5.69 Å². The van der Waals surface area contributed by atoms with Gasteiger partial charge < -0.3 is 9.47 Å². The Morgan fingerprint density at radius 1 is 1.04 bits per heavy atom. The molecule has 0 N–H and O–H groups in total. The van der Waals surface area contributed by atoms with Gasteiger partial charge in [0.15, 0.2) is 5.79 Å². The maximum Gasteiger partial charge on any atom is 0.261 e. The lowest BCUT2D eigenvalue weighted by Gasteiger charge is -2.25. The Morgan fingerprint density at radius 3 is 2.21 bits per heavy atom. The zero-order chi connectivity index (χ0) is 16.9. The molecule has 5 nitrogen and oxygen atoms in total. The van der Waals surface area contributed by atoms with Crippen LogP contribution >= 0.6 is 0 Å². The third kappa shape index (κ3) is 2.21. The van der Waals surface area contributed by atoms with Gasteiger partial charge >= 0.3 is 0 Å². The van der Waals surface area contributed by atoms with Crippen LogP contribution in [-0.2, 0) is 24.8 Å². The number of amides is 2. The molecule has 6 heteroatoms. The van der Waals surface area contributed by atoms with Crippen molar-refractivity contribution >= 4 is 17.5 Å². The standard InChI is InChI=1S/C18H18FNO4/c1-18(23-8-9-24-18)11-6-7-14(19)15(10-11)20-16(21)12-4-2-3-5-13(12)17(20)22/h6-7,10H,2-5,8-9H2,1H3. The predicted octanol–water partition coefficient (Wildman–Crippen LogP) is 2.79. The highest BCUT2D eigenvalue weighted by atomic mass is 19.1. The van der Waals surface area contributed by atoms with Crippen molar-refractivity contribution in [1.29, 1.82) is 0 Å². The van der Waals surface area contributed by atoms with E-state index in [1.807, 2.05) is 0 Å². The average Bonchev–Trinajstić information content (AvgIpc) is 3.13. The molecule has 0 radical (unpaired) electrons. The number of ether oxygens (including phenoxy) is 2. The Labute approximate surface area is 139 Å². The minimum atomic E-state index is -0.985. The molecule has 1 aromatic carbocycles. The number of benzene rings is 1. The van der Waals surface area contributed by atoms with Crippen molar-refractivity contribution in [1.82, 2.24) is 0 Å². The van der Waals surface area contributed by atoms with Crippen LogP contribution < -0.4 is 4.90 Å². The van der Waals surface area contributed by atoms with Gasteiger partial charge in [-0.1, -0.05) is 6.07 Å². The largest absolute Gasteiger partial charge is 0.344 e. The summed E-state index contributed by atoms with van der Waals surface area (Å²) < 4.78 is 25.6. The van der Waals surface area contributed by atoms with Crippen LogP contribution in [0.2, 0.25) is 0 Å². The van der Waals surface area contributed by atoms with E-state index in [4.69, 9.17) is 9.47 Å². The van der Waals surface area contributed by atoms with Gasteiger partial charge in [-0.05, 0) is 44.7 Å². The number of rotatable bonds is 2. The zero-order valence-electron chi connectivity index (χ0n) is 13.4. The maximum atomic E-state index is 14.4. The van der Waals surface area contributed by atoms with Crippen molar-refractivity contribution < 1.29 is 23.5 Å². The molecule has 1 aliphatic carbocycles. The van der Waals surface area contributed by atoms with Crippen LogP contribution in [0, 0.1) is 5.82 Å². The molecule has 1 aromatic rings. The van der Waals surface area contributed by atoms with Gasteiger partial charge in [0.1, 0.15) is 5.82 Å². The minimum Gasteiger partial charge on any atom is -0.344 e. The maximum absolute atomic E-state index is 14.4. The summed E-state index contributed by atoms with van der Waals surface area (Å²) in [6, 6.07) is 4.29. The molecule has 0 aromatic heterocycles. The fourth-order valence-electron chi connectivity index (χ4n) is 3.61. The molecule has 0 saturated carbocycles. The SMILES string of the molecule is CC1(c2ccc(F)c(N3C(=O)C4=C(CCCC4)C3=O)c2)OCCO1. The Kier molecular flexibility index (Phi) is 3.54. The van der Waals surface area contributed by atoms with Crippen molar-refractivity contribution in [3.63, 3.8) is 0 Å². The number of hydrogen-bond acceptors (Lipinski definition) is 4. The third-order valence-corrected chi connectivity index (χ3v) is 4.94. The first kappa shape index (κ1) is 15.5. The van der Waals surface area contributed by atoms with Crippen LogP contribution in [-0.4, -0.2) is 25.0 Å². The van der Waals surface area contributed by atoms with Gasteiger partial charge in [-0.3, -0.25) is 9.59 Å². The van der Waals surface area contributed by atoms with E-state index in [0.29, 0.717) is 42.8 Å². The zero-order valence-corrected chi connectivity index (χ0v) is 13.4. The molecule has 0 bridgehead atoms. The lowest BCUT2D eigenvalue weighted by atomic mass is 9.93. The molecule has 4 rings (SSSR count). The minimum absolute atomic E-state index is 0.0303. The molecule has 0 spiro atoms. The number of nitrogens with zero attached hydrogens (tertiary/aromatic N) is 1. The number of imide groups is 1. The van der Waals surface area contributed by atoms with Gasteiger partial charge in [-0.15, -0.1) is 0 Å². The molecule has 2 aliphatic heterocycles. The number of halogens is 1. The Morgan fingerprint density at radius 2 is 1.62 bits per heavy atom. The molecule has 0 atom stereocenters. The molecule has 2 amide bonds. The van der Waals surface area contributed by atoms with Crippen molar-refractivity contribution in [2.24, 2.45) is 0 Å². The van der Waals surface area contributed by atoms with Gasteiger partial charge in [0.05, 0.1) is 18.9 Å². The summed E-state index contributed by atoms with van der Waals surface area (Å²) >= 11 is 0. The molecular weight excluding hydrogens is 313 g/mol. The topological polar surface area (TPSA) is 55.8 Å². The molecule has 1 fully saturated rings. The summed E-state index contributed by atoms with van der Waals surface area (Å²) in [6.45, 7) is 2.63. The second-order valence-electron chi connectivity index (χ2n) is 6.42. The highest BCUT2D eigenvalue weighted by molar-refractivity contribution is 6.33. The van der Waals surface area contributed by atoms with E-state index in [9.17, 15) is 14.0 Å². The van der Waals surface area contributed by atoms with Gasteiger partial charge in [0, 0.05) is 16.7 Å². The van der Waals surface area contributed by atoms with E-state index in [1.54, 1.807) is 13.0 Å². The van der Waals surface area contributed by atoms with Crippen LogP contribution in [0.25, 0.3) is 0 Å². The van der Waals surface area contributed by atoms with Crippen LogP contribution in [0.15, 0.2) is 29.3 Å². The molecule has 126 valence electrons. The Bertz CT molecular complexity index is 736. The molecule has 0 unspecified atom stereocenters. The number of carbonyl (C=O) groups excluding carboxylic acids is 2. The van der Waals surface area contributed by atoms with Crippen molar-refractivity contribution in [2.75, 3.05) is 18.1 Å². The van der Waals surface area contributed by atoms with Gasteiger partial charge in [0.2, 0.25) is 0 Å². The number of hydrogen-bond donors (Lipinski definition) is 0. The van der Waals surface area contributed by atoms with Crippen LogP contribution in [0.4, 0.5) is 10.1 Å². The van der Waals surface area contributed by atoms with Crippen molar-refractivity contribution in [3.05, 3.63) is 40.7 Å². The normalized spacial score (nSPS) is 23.2. The molecular formula is C18H18FNO4. The summed E-state index contributed by atoms with van der Waals surface area (Å²) in [5.74, 6) is -2.39. The fraction of sp³-hybridized carbons (Fsp3) is 0.444. The summed E-state index contributed by atoms with van der Waals surface area (Å²) in [7, 11) is 0. The first-order valence-electron chi connectivity index (χ1n) is 8.20. The summed E-state index contributed by atoms with van der Waals surface area (Å²) in [6.07, 6.45) is 2.94. The summed E-state index contributed by atoms with van der Waals surface area (Å²) in [4.78, 5) is 26.2. The molecule has 3 aliphatic rings. The first-order chi connectivity index (χ1) is 11.5. The third-order valence-electron chi connectivity index (χ3n) is 4.94. The Hall–Kier alpha value is -2.05. The smallest absolute Gasteiger partial charge is 0.261 e. The molecule has 1 saturated heterocycles. The predicted molar refractivity (Wildman–Crippen MR) is 83.6 cm³/mol. The van der Waals surface area contributed by atoms with Crippen molar-refractivity contribution in [3.8, 4) is 0 Å². The Balaban J connectivity index is 1.75. The van der Waals surface area contributed by atoms with E-state index < -0.39 is 23.4 Å². The van der Waals surface area contributed by atoms with E-state index >= 15 is 0 Å². The van der Waals surface area contributed by atoms with Crippen LogP contribution in [0.1, 0.15) is 38.2 Å². The van der Waals surface area contributed by atoms with Crippen LogP contribution in [0.3, 0.4) is 0 Å². The molecule has 2 heterocycles. The lowest BCUT2D eigenvalue weighted by molar-refractivity contribution is -0.149. The second-order valence-corrected chi connectivity index (χ2v) is 6.42. The van der Waals surface area contributed by atoms with E-state index in [1.165, 1.54) is 12.1 Å². The van der Waals surface area contributed by atoms with Gasteiger partial charge in [-0.2, -0.15) is 0 Å². The molecule has 24 heavy (non-hydrogen) atoms. The van der Waals surface area contributed by atoms with Gasteiger partial charge in [-0.25, -0.2) is 9.29 Å². The fourth-order valence-corrected chi connectivity index (χ4v) is 3.61.